The maximum absolute atomic E-state index is 12.6. The van der Waals surface area contributed by atoms with Crippen LogP contribution in [0.4, 0.5) is 16.2 Å². The van der Waals surface area contributed by atoms with Crippen LogP contribution in [0.3, 0.4) is 0 Å². The number of carboxylic acid groups (broad SMARTS) is 1. The van der Waals surface area contributed by atoms with E-state index in [0.717, 1.165) is 11.3 Å². The molecule has 0 atom stereocenters. The van der Waals surface area contributed by atoms with E-state index in [0.29, 0.717) is 37.4 Å². The highest BCUT2D eigenvalue weighted by Crippen LogP contribution is 2.19. The number of methoxy groups -OCH3 is 1. The van der Waals surface area contributed by atoms with Gasteiger partial charge in [-0.25, -0.2) is 9.59 Å². The van der Waals surface area contributed by atoms with Gasteiger partial charge in [0.15, 0.2) is 0 Å². The minimum absolute atomic E-state index is 0.244. The first-order valence-electron chi connectivity index (χ1n) is 9.46. The van der Waals surface area contributed by atoms with Crippen LogP contribution in [-0.4, -0.2) is 61.3 Å². The number of rotatable bonds is 5. The van der Waals surface area contributed by atoms with Crippen molar-refractivity contribution in [3.05, 3.63) is 65.7 Å². The first-order chi connectivity index (χ1) is 14.5. The number of anilines is 2. The van der Waals surface area contributed by atoms with Crippen LogP contribution in [0, 0.1) is 0 Å². The Bertz CT molecular complexity index is 948. The Kier molecular flexibility index (Phi) is 6.69. The third-order valence-corrected chi connectivity index (χ3v) is 4.80. The first-order valence-corrected chi connectivity index (χ1v) is 9.46. The summed E-state index contributed by atoms with van der Waals surface area (Å²) >= 11 is 0. The van der Waals surface area contributed by atoms with Crippen LogP contribution in [0.15, 0.2) is 54.6 Å². The highest BCUT2D eigenvalue weighted by Gasteiger charge is 2.20. The van der Waals surface area contributed by atoms with Crippen molar-refractivity contribution in [1.82, 2.24) is 4.90 Å². The normalized spacial score (nSPS) is 13.9. The van der Waals surface area contributed by atoms with Gasteiger partial charge in [0.2, 0.25) is 0 Å². The molecule has 0 bridgehead atoms. The smallest absolute Gasteiger partial charge is 0.407 e. The van der Waals surface area contributed by atoms with E-state index in [4.69, 9.17) is 5.11 Å². The van der Waals surface area contributed by atoms with Crippen molar-refractivity contribution in [2.45, 2.75) is 0 Å². The fourth-order valence-corrected chi connectivity index (χ4v) is 3.14. The van der Waals surface area contributed by atoms with Crippen LogP contribution in [0.5, 0.6) is 0 Å². The monoisotopic (exact) mass is 409 g/mol. The number of amides is 2. The Morgan fingerprint density at radius 1 is 1.03 bits per heavy atom. The molecule has 1 heterocycles. The minimum Gasteiger partial charge on any atom is -0.466 e. The van der Waals surface area contributed by atoms with Gasteiger partial charge in [-0.1, -0.05) is 12.1 Å². The van der Waals surface area contributed by atoms with Crippen LogP contribution < -0.4 is 10.2 Å². The molecule has 1 fully saturated rings. The van der Waals surface area contributed by atoms with Gasteiger partial charge in [-0.3, -0.25) is 4.79 Å². The molecule has 8 heteroatoms. The molecular weight excluding hydrogens is 386 g/mol. The molecule has 8 nitrogen and oxygen atoms in total. The van der Waals surface area contributed by atoms with Crippen molar-refractivity contribution in [2.75, 3.05) is 43.5 Å². The van der Waals surface area contributed by atoms with Gasteiger partial charge in [-0.15, -0.1) is 0 Å². The average Bonchev–Trinajstić information content (AvgIpc) is 2.78. The van der Waals surface area contributed by atoms with Crippen LogP contribution in [0.2, 0.25) is 0 Å². The lowest BCUT2D eigenvalue weighted by Crippen LogP contribution is -2.48. The molecule has 3 rings (SSSR count). The lowest BCUT2D eigenvalue weighted by atomic mass is 10.1. The third-order valence-electron chi connectivity index (χ3n) is 4.80. The summed E-state index contributed by atoms with van der Waals surface area (Å²) in [5, 5.41) is 11.9. The fourth-order valence-electron chi connectivity index (χ4n) is 3.14. The van der Waals surface area contributed by atoms with Gasteiger partial charge in [0.1, 0.15) is 0 Å². The molecule has 0 saturated carbocycles. The molecule has 0 spiro atoms. The zero-order chi connectivity index (χ0) is 21.5. The number of carbonyl (C=O) groups excluding carboxylic acids is 2. The molecule has 1 saturated heterocycles. The van der Waals surface area contributed by atoms with E-state index in [1.165, 1.54) is 18.1 Å². The van der Waals surface area contributed by atoms with Gasteiger partial charge in [0, 0.05) is 49.2 Å². The Hall–Kier alpha value is -3.81. The number of nitrogens with zero attached hydrogens (tertiary/aromatic N) is 2. The summed E-state index contributed by atoms with van der Waals surface area (Å²) in [6.07, 6.45) is 2.03. The lowest BCUT2D eigenvalue weighted by molar-refractivity contribution is -0.134. The second kappa shape index (κ2) is 9.60. The quantitative estimate of drug-likeness (QED) is 0.582. The van der Waals surface area contributed by atoms with Crippen molar-refractivity contribution < 1.29 is 24.2 Å². The highest BCUT2D eigenvalue weighted by molar-refractivity contribution is 6.04. The topological polar surface area (TPSA) is 99.2 Å². The molecule has 0 unspecified atom stereocenters. The van der Waals surface area contributed by atoms with Gasteiger partial charge in [-0.2, -0.15) is 0 Å². The van der Waals surface area contributed by atoms with Gasteiger partial charge >= 0.3 is 12.1 Å². The Morgan fingerprint density at radius 3 is 2.37 bits per heavy atom. The summed E-state index contributed by atoms with van der Waals surface area (Å²) in [4.78, 5) is 38.3. The summed E-state index contributed by atoms with van der Waals surface area (Å²) in [5.74, 6) is -0.694. The zero-order valence-corrected chi connectivity index (χ0v) is 16.6. The van der Waals surface area contributed by atoms with E-state index in [-0.39, 0.29) is 5.91 Å². The summed E-state index contributed by atoms with van der Waals surface area (Å²) in [6, 6.07) is 14.3. The van der Waals surface area contributed by atoms with E-state index >= 15 is 0 Å². The molecule has 0 aliphatic carbocycles. The molecule has 2 amide bonds. The number of ether oxygens (including phenoxy) is 1. The molecule has 2 aromatic carbocycles. The number of hydrogen-bond donors (Lipinski definition) is 2. The number of nitrogens with one attached hydrogen (secondary N) is 1. The molecule has 2 aromatic rings. The predicted octanol–water partition coefficient (Wildman–Crippen LogP) is 2.93. The summed E-state index contributed by atoms with van der Waals surface area (Å²) in [6.45, 7) is 2.14. The molecule has 1 aliphatic rings. The number of carbonyl (C=O) groups is 3. The number of piperazine rings is 1. The Balaban J connectivity index is 1.61. The van der Waals surface area contributed by atoms with Gasteiger partial charge < -0.3 is 25.0 Å². The van der Waals surface area contributed by atoms with Crippen molar-refractivity contribution in [1.29, 1.82) is 0 Å². The molecule has 30 heavy (non-hydrogen) atoms. The molecule has 2 N–H and O–H groups in total. The van der Waals surface area contributed by atoms with Crippen LogP contribution in [0.1, 0.15) is 15.9 Å². The van der Waals surface area contributed by atoms with E-state index < -0.39 is 12.1 Å². The summed E-state index contributed by atoms with van der Waals surface area (Å²) < 4.78 is 4.57. The van der Waals surface area contributed by atoms with Crippen LogP contribution >= 0.6 is 0 Å². The Labute approximate surface area is 174 Å². The van der Waals surface area contributed by atoms with E-state index in [1.807, 2.05) is 18.2 Å². The standard InChI is InChI=1S/C22H23N3O5/c1-30-20(26)10-5-16-3-2-4-18(15-16)23-21(27)17-6-8-19(9-7-17)24-11-13-25(14-12-24)22(28)29/h2-10,15H,11-14H2,1H3,(H,23,27)(H,28,29). The summed E-state index contributed by atoms with van der Waals surface area (Å²) in [5.41, 5.74) is 2.83. The van der Waals surface area contributed by atoms with Gasteiger partial charge in [-0.05, 0) is 48.0 Å². The number of esters is 1. The van der Waals surface area contributed by atoms with Gasteiger partial charge in [0.25, 0.3) is 5.91 Å². The van der Waals surface area contributed by atoms with Crippen LogP contribution in [0.25, 0.3) is 6.08 Å². The fraction of sp³-hybridized carbons (Fsp3) is 0.227. The zero-order valence-electron chi connectivity index (χ0n) is 16.6. The Morgan fingerprint density at radius 2 is 1.73 bits per heavy atom. The van der Waals surface area contributed by atoms with Crippen LogP contribution in [-0.2, 0) is 9.53 Å². The number of hydrogen-bond acceptors (Lipinski definition) is 5. The van der Waals surface area contributed by atoms with E-state index in [9.17, 15) is 14.4 Å². The average molecular weight is 409 g/mol. The minimum atomic E-state index is -0.897. The summed E-state index contributed by atoms with van der Waals surface area (Å²) in [7, 11) is 1.31. The molecule has 156 valence electrons. The predicted molar refractivity (Wildman–Crippen MR) is 114 cm³/mol. The number of benzene rings is 2. The van der Waals surface area contributed by atoms with Crippen molar-refractivity contribution >= 4 is 35.4 Å². The van der Waals surface area contributed by atoms with Crippen molar-refractivity contribution in [3.63, 3.8) is 0 Å². The SMILES string of the molecule is COC(=O)C=Cc1cccc(NC(=O)c2ccc(N3CCN(C(=O)O)CC3)cc2)c1. The second-order valence-corrected chi connectivity index (χ2v) is 6.74. The first kappa shape index (κ1) is 20.9. The third kappa shape index (κ3) is 5.38. The van der Waals surface area contributed by atoms with Crippen molar-refractivity contribution in [2.24, 2.45) is 0 Å². The van der Waals surface area contributed by atoms with E-state index in [1.54, 1.807) is 36.4 Å². The van der Waals surface area contributed by atoms with E-state index in [2.05, 4.69) is 15.0 Å². The second-order valence-electron chi connectivity index (χ2n) is 6.74. The van der Waals surface area contributed by atoms with Gasteiger partial charge in [0.05, 0.1) is 7.11 Å². The molecule has 0 aromatic heterocycles. The highest BCUT2D eigenvalue weighted by atomic mass is 16.5. The molecule has 0 radical (unpaired) electrons. The largest absolute Gasteiger partial charge is 0.466 e. The molecular formula is C22H23N3O5. The lowest BCUT2D eigenvalue weighted by Gasteiger charge is -2.34. The maximum atomic E-state index is 12.6. The van der Waals surface area contributed by atoms with Crippen molar-refractivity contribution in [3.8, 4) is 0 Å². The maximum Gasteiger partial charge on any atom is 0.407 e. The molecule has 1 aliphatic heterocycles.